The summed E-state index contributed by atoms with van der Waals surface area (Å²) in [5, 5.41) is 4.14. The third-order valence-electron chi connectivity index (χ3n) is 4.17. The fourth-order valence-electron chi connectivity index (χ4n) is 2.86. The van der Waals surface area contributed by atoms with Crippen LogP contribution in [0.15, 0.2) is 42.9 Å². The maximum Gasteiger partial charge on any atom is 0.257 e. The molecule has 4 rings (SSSR count). The average molecular weight is 370 g/mol. The first-order chi connectivity index (χ1) is 12.7. The van der Waals surface area contributed by atoms with E-state index in [9.17, 15) is 4.79 Å². The van der Waals surface area contributed by atoms with E-state index < -0.39 is 0 Å². The van der Waals surface area contributed by atoms with Crippen molar-refractivity contribution in [3.63, 3.8) is 0 Å². The Morgan fingerprint density at radius 3 is 2.73 bits per heavy atom. The number of nitrogens with zero attached hydrogens (tertiary/aromatic N) is 4. The van der Waals surface area contributed by atoms with E-state index in [0.29, 0.717) is 29.6 Å². The molecule has 26 heavy (non-hydrogen) atoms. The van der Waals surface area contributed by atoms with Crippen LogP contribution in [0, 0.1) is 0 Å². The van der Waals surface area contributed by atoms with E-state index in [0.717, 1.165) is 29.8 Å². The van der Waals surface area contributed by atoms with Crippen LogP contribution in [0.2, 0.25) is 5.15 Å². The van der Waals surface area contributed by atoms with E-state index in [4.69, 9.17) is 16.3 Å². The van der Waals surface area contributed by atoms with E-state index in [-0.39, 0.29) is 5.91 Å². The molecule has 1 saturated heterocycles. The summed E-state index contributed by atoms with van der Waals surface area (Å²) < 4.78 is 5.40. The molecule has 132 valence electrons. The van der Waals surface area contributed by atoms with Gasteiger partial charge in [0.05, 0.1) is 24.3 Å². The van der Waals surface area contributed by atoms with Crippen LogP contribution < -0.4 is 10.2 Å². The summed E-state index contributed by atoms with van der Waals surface area (Å²) >= 11 is 5.75. The smallest absolute Gasteiger partial charge is 0.257 e. The Morgan fingerprint density at radius 1 is 1.12 bits per heavy atom. The first-order valence-corrected chi connectivity index (χ1v) is 8.59. The molecule has 2 aromatic heterocycles. The number of ether oxygens (including phenoxy) is 1. The Kier molecular flexibility index (Phi) is 4.64. The molecule has 8 heteroatoms. The number of amides is 1. The van der Waals surface area contributed by atoms with Gasteiger partial charge in [0.25, 0.3) is 5.91 Å². The summed E-state index contributed by atoms with van der Waals surface area (Å²) in [6, 6.07) is 8.82. The molecule has 0 bridgehead atoms. The van der Waals surface area contributed by atoms with Crippen LogP contribution in [0.4, 0.5) is 11.5 Å². The number of fused-ring (bicyclic) bond motifs is 1. The topological polar surface area (TPSA) is 80.2 Å². The Balaban J connectivity index is 1.59. The van der Waals surface area contributed by atoms with Gasteiger partial charge in [-0.15, -0.1) is 0 Å². The van der Waals surface area contributed by atoms with Gasteiger partial charge in [-0.1, -0.05) is 11.6 Å². The van der Waals surface area contributed by atoms with Gasteiger partial charge in [-0.25, -0.2) is 15.0 Å². The van der Waals surface area contributed by atoms with Crippen LogP contribution in [0.3, 0.4) is 0 Å². The quantitative estimate of drug-likeness (QED) is 0.715. The number of rotatable bonds is 3. The Labute approximate surface area is 155 Å². The molecule has 0 radical (unpaired) electrons. The van der Waals surface area contributed by atoms with Crippen molar-refractivity contribution < 1.29 is 9.53 Å². The minimum absolute atomic E-state index is 0.254. The molecule has 3 aromatic rings. The Bertz CT molecular complexity index is 942. The summed E-state index contributed by atoms with van der Waals surface area (Å²) in [4.78, 5) is 27.2. The lowest BCUT2D eigenvalue weighted by atomic mass is 10.2. The minimum Gasteiger partial charge on any atom is -0.378 e. The molecule has 0 spiro atoms. The van der Waals surface area contributed by atoms with Crippen molar-refractivity contribution in [3.8, 4) is 0 Å². The summed E-state index contributed by atoms with van der Waals surface area (Å²) in [6.07, 6.45) is 2.99. The van der Waals surface area contributed by atoms with Gasteiger partial charge >= 0.3 is 0 Å². The number of hydrogen-bond acceptors (Lipinski definition) is 6. The number of anilines is 2. The maximum atomic E-state index is 12.3. The molecule has 1 N–H and O–H groups in total. The third kappa shape index (κ3) is 3.44. The number of carbonyl (C=O) groups excluding carboxylic acids is 1. The molecule has 1 amide bonds. The molecular formula is C18H16ClN5O2. The second-order valence-corrected chi connectivity index (χ2v) is 6.24. The van der Waals surface area contributed by atoms with E-state index in [1.807, 2.05) is 18.2 Å². The first-order valence-electron chi connectivity index (χ1n) is 8.21. The predicted molar refractivity (Wildman–Crippen MR) is 99.8 cm³/mol. The number of morpholine rings is 1. The number of carbonyl (C=O) groups is 1. The summed E-state index contributed by atoms with van der Waals surface area (Å²) in [5.41, 5.74) is 1.86. The first kappa shape index (κ1) is 16.7. The highest BCUT2D eigenvalue weighted by Crippen LogP contribution is 2.26. The minimum atomic E-state index is -0.254. The number of benzene rings is 1. The molecule has 7 nitrogen and oxygen atoms in total. The summed E-state index contributed by atoms with van der Waals surface area (Å²) in [7, 11) is 0. The lowest BCUT2D eigenvalue weighted by molar-refractivity contribution is 0.102. The van der Waals surface area contributed by atoms with Crippen LogP contribution >= 0.6 is 11.6 Å². The van der Waals surface area contributed by atoms with Crippen LogP contribution in [-0.4, -0.2) is 47.2 Å². The molecule has 1 fully saturated rings. The molecule has 1 aromatic carbocycles. The fraction of sp³-hybridized carbons (Fsp3) is 0.222. The van der Waals surface area contributed by atoms with E-state index in [1.54, 1.807) is 18.5 Å². The van der Waals surface area contributed by atoms with Crippen molar-refractivity contribution in [1.29, 1.82) is 0 Å². The van der Waals surface area contributed by atoms with Gasteiger partial charge in [-0.05, 0) is 30.3 Å². The highest BCUT2D eigenvalue weighted by molar-refractivity contribution is 6.29. The summed E-state index contributed by atoms with van der Waals surface area (Å²) in [6.45, 7) is 2.98. The number of pyridine rings is 1. The van der Waals surface area contributed by atoms with Gasteiger partial charge in [-0.2, -0.15) is 0 Å². The summed E-state index contributed by atoms with van der Waals surface area (Å²) in [5.74, 6) is 0.633. The predicted octanol–water partition coefficient (Wildman–Crippen LogP) is 2.77. The fourth-order valence-corrected chi connectivity index (χ4v) is 2.97. The maximum absolute atomic E-state index is 12.3. The van der Waals surface area contributed by atoms with E-state index in [1.165, 1.54) is 6.20 Å². The largest absolute Gasteiger partial charge is 0.378 e. The Hall–Kier alpha value is -2.77. The highest BCUT2D eigenvalue weighted by atomic mass is 35.5. The third-order valence-corrected chi connectivity index (χ3v) is 4.40. The van der Waals surface area contributed by atoms with Gasteiger partial charge in [0.1, 0.15) is 17.3 Å². The lowest BCUT2D eigenvalue weighted by Gasteiger charge is -2.28. The van der Waals surface area contributed by atoms with Crippen molar-refractivity contribution >= 4 is 39.9 Å². The molecular weight excluding hydrogens is 354 g/mol. The molecule has 1 aliphatic heterocycles. The van der Waals surface area contributed by atoms with Gasteiger partial charge in [0, 0.05) is 30.4 Å². The van der Waals surface area contributed by atoms with Crippen LogP contribution in [-0.2, 0) is 4.74 Å². The normalized spacial score (nSPS) is 14.4. The van der Waals surface area contributed by atoms with Gasteiger partial charge < -0.3 is 15.0 Å². The van der Waals surface area contributed by atoms with Crippen molar-refractivity contribution in [1.82, 2.24) is 15.0 Å². The van der Waals surface area contributed by atoms with Crippen molar-refractivity contribution in [2.75, 3.05) is 36.5 Å². The zero-order valence-corrected chi connectivity index (χ0v) is 14.6. The second kappa shape index (κ2) is 7.23. The SMILES string of the molecule is O=C(Nc1ccc2c(N3CCOCC3)ncnc2c1)c1ccc(Cl)nc1. The number of hydrogen-bond donors (Lipinski definition) is 1. The van der Waals surface area contributed by atoms with Crippen molar-refractivity contribution in [2.24, 2.45) is 0 Å². The second-order valence-electron chi connectivity index (χ2n) is 5.85. The van der Waals surface area contributed by atoms with Gasteiger partial charge in [0.2, 0.25) is 0 Å². The number of aromatic nitrogens is 3. The number of nitrogens with one attached hydrogen (secondary N) is 1. The van der Waals surface area contributed by atoms with Crippen LogP contribution in [0.1, 0.15) is 10.4 Å². The van der Waals surface area contributed by atoms with Crippen LogP contribution in [0.5, 0.6) is 0 Å². The highest BCUT2D eigenvalue weighted by Gasteiger charge is 2.16. The molecule has 1 aliphatic rings. The molecule has 0 saturated carbocycles. The standard InChI is InChI=1S/C18H16ClN5O2/c19-16-4-1-12(10-20-16)18(25)23-13-2-3-14-15(9-13)21-11-22-17(14)24-5-7-26-8-6-24/h1-4,9-11H,5-8H2,(H,23,25). The molecule has 3 heterocycles. The molecule has 0 atom stereocenters. The van der Waals surface area contributed by atoms with E-state index >= 15 is 0 Å². The molecule has 0 aliphatic carbocycles. The van der Waals surface area contributed by atoms with Crippen molar-refractivity contribution in [2.45, 2.75) is 0 Å². The zero-order valence-electron chi connectivity index (χ0n) is 13.9. The van der Waals surface area contributed by atoms with Gasteiger partial charge in [-0.3, -0.25) is 4.79 Å². The van der Waals surface area contributed by atoms with Crippen molar-refractivity contribution in [3.05, 3.63) is 53.6 Å². The number of halogens is 1. The van der Waals surface area contributed by atoms with E-state index in [2.05, 4.69) is 25.2 Å². The monoisotopic (exact) mass is 369 g/mol. The van der Waals surface area contributed by atoms with Crippen LogP contribution in [0.25, 0.3) is 10.9 Å². The van der Waals surface area contributed by atoms with Gasteiger partial charge in [0.15, 0.2) is 0 Å². The average Bonchev–Trinajstić information content (AvgIpc) is 2.68. The Morgan fingerprint density at radius 2 is 1.96 bits per heavy atom. The molecule has 0 unspecified atom stereocenters. The zero-order chi connectivity index (χ0) is 17.9. The lowest BCUT2D eigenvalue weighted by Crippen LogP contribution is -2.36.